The topological polar surface area (TPSA) is 85.6 Å². The maximum atomic E-state index is 13.2. The van der Waals surface area contributed by atoms with Crippen LogP contribution in [0.2, 0.25) is 0 Å². The lowest BCUT2D eigenvalue weighted by Crippen LogP contribution is -2.14. The number of thiazole rings is 1. The highest BCUT2D eigenvalue weighted by Crippen LogP contribution is 2.27. The molecule has 0 radical (unpaired) electrons. The number of rotatable bonds is 4. The fourth-order valence-electron chi connectivity index (χ4n) is 2.71. The molecule has 0 aliphatic rings. The van der Waals surface area contributed by atoms with E-state index >= 15 is 0 Å². The first-order chi connectivity index (χ1) is 13.5. The lowest BCUT2D eigenvalue weighted by molar-refractivity contribution is 0.102. The summed E-state index contributed by atoms with van der Waals surface area (Å²) in [5, 5.41) is 13.4. The van der Waals surface area contributed by atoms with E-state index in [-0.39, 0.29) is 11.5 Å². The summed E-state index contributed by atoms with van der Waals surface area (Å²) in [6.07, 6.45) is 1.70. The van der Waals surface area contributed by atoms with Crippen LogP contribution in [-0.2, 0) is 7.05 Å². The van der Waals surface area contributed by atoms with Gasteiger partial charge in [-0.1, -0.05) is 6.07 Å². The molecular formula is C19H15FN6OS. The zero-order valence-electron chi connectivity index (χ0n) is 15.0. The summed E-state index contributed by atoms with van der Waals surface area (Å²) < 4.78 is 13.2. The Balaban J connectivity index is 1.60. The summed E-state index contributed by atoms with van der Waals surface area (Å²) in [6.45, 7) is 1.95. The van der Waals surface area contributed by atoms with E-state index < -0.39 is 5.91 Å². The Morgan fingerprint density at radius 2 is 1.93 bits per heavy atom. The molecule has 4 aromatic rings. The molecule has 28 heavy (non-hydrogen) atoms. The quantitative estimate of drug-likeness (QED) is 0.570. The molecule has 0 fully saturated rings. The van der Waals surface area contributed by atoms with E-state index in [1.807, 2.05) is 24.4 Å². The Bertz CT molecular complexity index is 1150. The highest BCUT2D eigenvalue weighted by atomic mass is 32.1. The second kappa shape index (κ2) is 7.28. The molecule has 0 aliphatic heterocycles. The first kappa shape index (κ1) is 17.9. The van der Waals surface area contributed by atoms with Gasteiger partial charge in [0.25, 0.3) is 5.91 Å². The van der Waals surface area contributed by atoms with E-state index in [0.717, 1.165) is 11.3 Å². The monoisotopic (exact) mass is 394 g/mol. The minimum absolute atomic E-state index is 0.139. The summed E-state index contributed by atoms with van der Waals surface area (Å²) in [7, 11) is 1.62. The summed E-state index contributed by atoms with van der Waals surface area (Å²) in [5.41, 5.74) is 3.57. The van der Waals surface area contributed by atoms with E-state index in [9.17, 15) is 9.18 Å². The van der Waals surface area contributed by atoms with Crippen LogP contribution in [0.1, 0.15) is 16.1 Å². The van der Waals surface area contributed by atoms with Crippen molar-refractivity contribution in [3.63, 3.8) is 0 Å². The maximum Gasteiger partial charge on any atom is 0.280 e. The normalized spacial score (nSPS) is 10.8. The third-order valence-electron chi connectivity index (χ3n) is 4.02. The van der Waals surface area contributed by atoms with Crippen LogP contribution in [0, 0.1) is 12.7 Å². The van der Waals surface area contributed by atoms with E-state index in [4.69, 9.17) is 0 Å². The van der Waals surface area contributed by atoms with E-state index in [1.165, 1.54) is 28.3 Å². The van der Waals surface area contributed by atoms with Crippen LogP contribution < -0.4 is 5.32 Å². The number of nitrogens with zero attached hydrogens (tertiary/aromatic N) is 5. The minimum Gasteiger partial charge on any atom is -0.296 e. The molecule has 3 heterocycles. The highest BCUT2D eigenvalue weighted by molar-refractivity contribution is 7.14. The largest absolute Gasteiger partial charge is 0.296 e. The molecule has 0 saturated carbocycles. The molecule has 0 aliphatic carbocycles. The van der Waals surface area contributed by atoms with Gasteiger partial charge in [-0.3, -0.25) is 15.1 Å². The van der Waals surface area contributed by atoms with Crippen molar-refractivity contribution in [1.29, 1.82) is 0 Å². The Hall–Kier alpha value is -3.46. The second-order valence-corrected chi connectivity index (χ2v) is 6.91. The van der Waals surface area contributed by atoms with Crippen LogP contribution >= 0.6 is 11.3 Å². The predicted molar refractivity (Wildman–Crippen MR) is 104 cm³/mol. The van der Waals surface area contributed by atoms with Gasteiger partial charge in [0.2, 0.25) is 0 Å². The van der Waals surface area contributed by atoms with Gasteiger partial charge in [0.15, 0.2) is 10.8 Å². The maximum absolute atomic E-state index is 13.2. The van der Waals surface area contributed by atoms with Gasteiger partial charge in [0.05, 0.1) is 5.69 Å². The number of halogens is 1. The first-order valence-electron chi connectivity index (χ1n) is 8.37. The summed E-state index contributed by atoms with van der Waals surface area (Å²) in [6, 6.07) is 9.55. The Kier molecular flexibility index (Phi) is 4.66. The number of aromatic nitrogens is 5. The fraction of sp³-hybridized carbons (Fsp3) is 0.105. The molecule has 0 spiro atoms. The van der Waals surface area contributed by atoms with Gasteiger partial charge in [0.1, 0.15) is 17.2 Å². The van der Waals surface area contributed by atoms with Crippen molar-refractivity contribution in [3.05, 3.63) is 65.0 Å². The van der Waals surface area contributed by atoms with E-state index in [0.29, 0.717) is 22.1 Å². The summed E-state index contributed by atoms with van der Waals surface area (Å²) in [5.74, 6) is -0.801. The van der Waals surface area contributed by atoms with E-state index in [2.05, 4.69) is 25.5 Å². The molecule has 1 N–H and O–H groups in total. The number of carbonyl (C=O) groups is 1. The number of anilines is 1. The van der Waals surface area contributed by atoms with Crippen molar-refractivity contribution in [2.45, 2.75) is 6.92 Å². The standard InChI is InChI=1S/C19H15FN6OS/c1-11-4-3-9-21-15(11)14-10-28-19(22-14)23-18(27)17-16(24-26(2)25-17)12-5-7-13(20)8-6-12/h3-10H,1-2H3,(H,22,23,27). The lowest BCUT2D eigenvalue weighted by atomic mass is 10.1. The Morgan fingerprint density at radius 1 is 1.14 bits per heavy atom. The number of aryl methyl sites for hydroxylation is 2. The average molecular weight is 394 g/mol. The number of hydrogen-bond acceptors (Lipinski definition) is 6. The number of pyridine rings is 1. The van der Waals surface area contributed by atoms with Crippen molar-refractivity contribution in [1.82, 2.24) is 25.0 Å². The van der Waals surface area contributed by atoms with Crippen LogP contribution in [-0.4, -0.2) is 30.9 Å². The number of benzene rings is 1. The van der Waals surface area contributed by atoms with Gasteiger partial charge in [-0.25, -0.2) is 9.37 Å². The summed E-state index contributed by atoms with van der Waals surface area (Å²) >= 11 is 1.30. The molecule has 0 unspecified atom stereocenters. The van der Waals surface area contributed by atoms with Crippen LogP contribution in [0.3, 0.4) is 0 Å². The Labute approximate surface area is 163 Å². The fourth-order valence-corrected chi connectivity index (χ4v) is 3.40. The number of nitrogens with one attached hydrogen (secondary N) is 1. The van der Waals surface area contributed by atoms with Crippen molar-refractivity contribution in [2.24, 2.45) is 7.05 Å². The average Bonchev–Trinajstić information content (AvgIpc) is 3.29. The molecule has 0 atom stereocenters. The summed E-state index contributed by atoms with van der Waals surface area (Å²) in [4.78, 5) is 22.8. The first-order valence-corrected chi connectivity index (χ1v) is 9.25. The smallest absolute Gasteiger partial charge is 0.280 e. The number of amides is 1. The predicted octanol–water partition coefficient (Wildman–Crippen LogP) is 3.70. The molecule has 7 nitrogen and oxygen atoms in total. The van der Waals surface area contributed by atoms with Crippen LogP contribution in [0.15, 0.2) is 48.0 Å². The third-order valence-corrected chi connectivity index (χ3v) is 4.78. The van der Waals surface area contributed by atoms with Crippen molar-refractivity contribution in [3.8, 4) is 22.6 Å². The molecular weight excluding hydrogens is 379 g/mol. The second-order valence-electron chi connectivity index (χ2n) is 6.05. The van der Waals surface area contributed by atoms with Crippen LogP contribution in [0.5, 0.6) is 0 Å². The van der Waals surface area contributed by atoms with Gasteiger partial charge in [-0.15, -0.1) is 16.4 Å². The zero-order valence-corrected chi connectivity index (χ0v) is 15.9. The zero-order chi connectivity index (χ0) is 19.7. The molecule has 1 aromatic carbocycles. The number of hydrogen-bond donors (Lipinski definition) is 1. The van der Waals surface area contributed by atoms with Crippen LogP contribution in [0.4, 0.5) is 9.52 Å². The minimum atomic E-state index is -0.439. The van der Waals surface area contributed by atoms with E-state index in [1.54, 1.807) is 25.4 Å². The molecule has 0 saturated heterocycles. The highest BCUT2D eigenvalue weighted by Gasteiger charge is 2.21. The van der Waals surface area contributed by atoms with Crippen LogP contribution in [0.25, 0.3) is 22.6 Å². The van der Waals surface area contributed by atoms with Gasteiger partial charge in [0, 0.05) is 24.2 Å². The molecule has 3 aromatic heterocycles. The van der Waals surface area contributed by atoms with Gasteiger partial charge in [-0.05, 0) is 42.8 Å². The SMILES string of the molecule is Cc1cccnc1-c1csc(NC(=O)c2nn(C)nc2-c2ccc(F)cc2)n1. The Morgan fingerprint density at radius 3 is 2.68 bits per heavy atom. The molecule has 0 bridgehead atoms. The van der Waals surface area contributed by atoms with Gasteiger partial charge in [-0.2, -0.15) is 9.90 Å². The molecule has 4 rings (SSSR count). The number of carbonyl (C=O) groups excluding carboxylic acids is 1. The third kappa shape index (κ3) is 3.52. The lowest BCUT2D eigenvalue weighted by Gasteiger charge is -2.02. The van der Waals surface area contributed by atoms with Crippen molar-refractivity contribution in [2.75, 3.05) is 5.32 Å². The van der Waals surface area contributed by atoms with Crippen molar-refractivity contribution < 1.29 is 9.18 Å². The molecule has 1 amide bonds. The van der Waals surface area contributed by atoms with Gasteiger partial charge >= 0.3 is 0 Å². The molecule has 140 valence electrons. The van der Waals surface area contributed by atoms with Gasteiger partial charge < -0.3 is 0 Å². The molecule has 9 heteroatoms. The van der Waals surface area contributed by atoms with Crippen molar-refractivity contribution >= 4 is 22.4 Å².